The Hall–Kier alpha value is -1.40. The zero-order valence-corrected chi connectivity index (χ0v) is 6.90. The van der Waals surface area contributed by atoms with Gasteiger partial charge in [0.1, 0.15) is 18.0 Å². The standard InChI is InChI=1S/C10H8FNO/c11-8-3-1-7(2-4-8)10-9(13-10)5-6-12/h1-4,9-10H,5H2. The van der Waals surface area contributed by atoms with E-state index in [-0.39, 0.29) is 18.0 Å². The van der Waals surface area contributed by atoms with Crippen molar-refractivity contribution in [3.63, 3.8) is 0 Å². The van der Waals surface area contributed by atoms with Gasteiger partial charge in [0.2, 0.25) is 0 Å². The summed E-state index contributed by atoms with van der Waals surface area (Å²) in [7, 11) is 0. The van der Waals surface area contributed by atoms with Crippen molar-refractivity contribution in [2.75, 3.05) is 0 Å². The molecule has 0 aliphatic carbocycles. The molecule has 0 spiro atoms. The smallest absolute Gasteiger partial charge is 0.123 e. The molecule has 0 radical (unpaired) electrons. The maximum Gasteiger partial charge on any atom is 0.123 e. The van der Waals surface area contributed by atoms with E-state index in [0.29, 0.717) is 6.42 Å². The number of benzene rings is 1. The molecule has 1 heterocycles. The van der Waals surface area contributed by atoms with Crippen molar-refractivity contribution in [3.8, 4) is 6.07 Å². The van der Waals surface area contributed by atoms with Crippen molar-refractivity contribution < 1.29 is 9.13 Å². The van der Waals surface area contributed by atoms with E-state index in [4.69, 9.17) is 10.00 Å². The molecule has 1 saturated heterocycles. The van der Waals surface area contributed by atoms with Crippen molar-refractivity contribution in [2.24, 2.45) is 0 Å². The zero-order chi connectivity index (χ0) is 9.26. The highest BCUT2D eigenvalue weighted by molar-refractivity contribution is 5.23. The first-order chi connectivity index (χ1) is 6.31. The van der Waals surface area contributed by atoms with E-state index in [2.05, 4.69) is 0 Å². The van der Waals surface area contributed by atoms with E-state index < -0.39 is 0 Å². The van der Waals surface area contributed by atoms with Crippen LogP contribution in [0.15, 0.2) is 24.3 Å². The number of hydrogen-bond donors (Lipinski definition) is 0. The third kappa shape index (κ3) is 1.68. The highest BCUT2D eigenvalue weighted by Gasteiger charge is 2.39. The molecule has 66 valence electrons. The Labute approximate surface area is 75.6 Å². The van der Waals surface area contributed by atoms with Gasteiger partial charge in [-0.05, 0) is 17.7 Å². The second kappa shape index (κ2) is 3.15. The van der Waals surface area contributed by atoms with Crippen LogP contribution in [0.25, 0.3) is 0 Å². The summed E-state index contributed by atoms with van der Waals surface area (Å²) in [5.74, 6) is -0.249. The summed E-state index contributed by atoms with van der Waals surface area (Å²) in [5, 5.41) is 8.40. The second-order valence-corrected chi connectivity index (χ2v) is 3.01. The molecule has 2 rings (SSSR count). The number of rotatable bonds is 2. The summed E-state index contributed by atoms with van der Waals surface area (Å²) in [6.07, 6.45) is 0.415. The van der Waals surface area contributed by atoms with Crippen LogP contribution in [0, 0.1) is 17.1 Å². The fourth-order valence-corrected chi connectivity index (χ4v) is 1.33. The van der Waals surface area contributed by atoms with E-state index in [9.17, 15) is 4.39 Å². The van der Waals surface area contributed by atoms with Crippen LogP contribution >= 0.6 is 0 Å². The average molecular weight is 177 g/mol. The molecule has 0 bridgehead atoms. The molecule has 2 unspecified atom stereocenters. The molecule has 1 aromatic rings. The Balaban J connectivity index is 2.05. The van der Waals surface area contributed by atoms with Crippen LogP contribution < -0.4 is 0 Å². The largest absolute Gasteiger partial charge is 0.363 e. The van der Waals surface area contributed by atoms with Gasteiger partial charge in [0.25, 0.3) is 0 Å². The van der Waals surface area contributed by atoms with Crippen LogP contribution in [0.5, 0.6) is 0 Å². The summed E-state index contributed by atoms with van der Waals surface area (Å²) >= 11 is 0. The number of hydrogen-bond acceptors (Lipinski definition) is 2. The minimum atomic E-state index is -0.249. The molecule has 2 nitrogen and oxygen atoms in total. The van der Waals surface area contributed by atoms with Gasteiger partial charge in [0.05, 0.1) is 12.5 Å². The molecule has 13 heavy (non-hydrogen) atoms. The molecule has 2 atom stereocenters. The van der Waals surface area contributed by atoms with Crippen molar-refractivity contribution in [1.29, 1.82) is 5.26 Å². The summed E-state index contributed by atoms with van der Waals surface area (Å²) in [6.45, 7) is 0. The van der Waals surface area contributed by atoms with E-state index >= 15 is 0 Å². The number of nitriles is 1. The molecule has 0 saturated carbocycles. The van der Waals surface area contributed by atoms with Gasteiger partial charge in [0, 0.05) is 0 Å². The van der Waals surface area contributed by atoms with Crippen LogP contribution in [0.4, 0.5) is 4.39 Å². The van der Waals surface area contributed by atoms with Crippen LogP contribution in [-0.4, -0.2) is 6.10 Å². The molecule has 1 fully saturated rings. The highest BCUT2D eigenvalue weighted by Crippen LogP contribution is 2.40. The van der Waals surface area contributed by atoms with Crippen LogP contribution in [-0.2, 0) is 4.74 Å². The minimum Gasteiger partial charge on any atom is -0.363 e. The summed E-state index contributed by atoms with van der Waals surface area (Å²) in [4.78, 5) is 0. The van der Waals surface area contributed by atoms with Crippen molar-refractivity contribution in [2.45, 2.75) is 18.6 Å². The Morgan fingerprint density at radius 3 is 2.69 bits per heavy atom. The van der Waals surface area contributed by atoms with Gasteiger partial charge in [-0.3, -0.25) is 0 Å². The third-order valence-electron chi connectivity index (χ3n) is 2.07. The lowest BCUT2D eigenvalue weighted by molar-refractivity contribution is 0.375. The molecule has 1 aliphatic heterocycles. The lowest BCUT2D eigenvalue weighted by Gasteiger charge is -1.93. The number of halogens is 1. The average Bonchev–Trinajstić information content (AvgIpc) is 2.86. The lowest BCUT2D eigenvalue weighted by atomic mass is 10.1. The number of ether oxygens (including phenoxy) is 1. The Morgan fingerprint density at radius 1 is 1.38 bits per heavy atom. The molecule has 1 aromatic carbocycles. The molecule has 3 heteroatoms. The topological polar surface area (TPSA) is 36.3 Å². The first-order valence-electron chi connectivity index (χ1n) is 4.09. The van der Waals surface area contributed by atoms with Gasteiger partial charge in [-0.2, -0.15) is 5.26 Å². The van der Waals surface area contributed by atoms with Gasteiger partial charge in [-0.25, -0.2) is 4.39 Å². The molecule has 0 N–H and O–H groups in total. The predicted molar refractivity (Wildman–Crippen MR) is 44.2 cm³/mol. The minimum absolute atomic E-state index is 0.000231. The van der Waals surface area contributed by atoms with Crippen LogP contribution in [0.1, 0.15) is 18.1 Å². The summed E-state index contributed by atoms with van der Waals surface area (Å²) < 4.78 is 17.8. The second-order valence-electron chi connectivity index (χ2n) is 3.01. The van der Waals surface area contributed by atoms with Gasteiger partial charge in [0.15, 0.2) is 0 Å². The molecular formula is C10H8FNO. The van der Waals surface area contributed by atoms with E-state index in [0.717, 1.165) is 5.56 Å². The van der Waals surface area contributed by atoms with Gasteiger partial charge in [-0.15, -0.1) is 0 Å². The van der Waals surface area contributed by atoms with Gasteiger partial charge in [-0.1, -0.05) is 12.1 Å². The number of epoxide rings is 1. The van der Waals surface area contributed by atoms with E-state index in [1.807, 2.05) is 6.07 Å². The molecular weight excluding hydrogens is 169 g/mol. The van der Waals surface area contributed by atoms with E-state index in [1.165, 1.54) is 12.1 Å². The SMILES string of the molecule is N#CCC1OC1c1ccc(F)cc1. The summed E-state index contributed by atoms with van der Waals surface area (Å²) in [5.41, 5.74) is 0.946. The lowest BCUT2D eigenvalue weighted by Crippen LogP contribution is -1.87. The van der Waals surface area contributed by atoms with Crippen LogP contribution in [0.3, 0.4) is 0 Å². The normalized spacial score (nSPS) is 25.2. The fraction of sp³-hybridized carbons (Fsp3) is 0.300. The Kier molecular flexibility index (Phi) is 1.99. The van der Waals surface area contributed by atoms with Crippen LogP contribution in [0.2, 0.25) is 0 Å². The Bertz CT molecular complexity index is 341. The van der Waals surface area contributed by atoms with Crippen molar-refractivity contribution >= 4 is 0 Å². The van der Waals surface area contributed by atoms with E-state index in [1.54, 1.807) is 12.1 Å². The predicted octanol–water partition coefficient (Wildman–Crippen LogP) is 2.18. The highest BCUT2D eigenvalue weighted by atomic mass is 19.1. The summed E-state index contributed by atoms with van der Waals surface area (Å²) in [6, 6.07) is 8.23. The van der Waals surface area contributed by atoms with Gasteiger partial charge >= 0.3 is 0 Å². The number of nitrogens with zero attached hydrogens (tertiary/aromatic N) is 1. The first-order valence-corrected chi connectivity index (χ1v) is 4.09. The Morgan fingerprint density at radius 2 is 2.08 bits per heavy atom. The maximum absolute atomic E-state index is 12.5. The van der Waals surface area contributed by atoms with Gasteiger partial charge < -0.3 is 4.74 Å². The van der Waals surface area contributed by atoms with Crippen molar-refractivity contribution in [3.05, 3.63) is 35.6 Å². The third-order valence-corrected chi connectivity index (χ3v) is 2.07. The maximum atomic E-state index is 12.5. The molecule has 0 amide bonds. The molecule has 0 aromatic heterocycles. The quantitative estimate of drug-likeness (QED) is 0.649. The first kappa shape index (κ1) is 8.21. The monoisotopic (exact) mass is 177 g/mol. The van der Waals surface area contributed by atoms with Crippen molar-refractivity contribution in [1.82, 2.24) is 0 Å². The molecule has 1 aliphatic rings. The zero-order valence-electron chi connectivity index (χ0n) is 6.90. The fourth-order valence-electron chi connectivity index (χ4n) is 1.33.